The zero-order valence-electron chi connectivity index (χ0n) is 17.3. The Morgan fingerprint density at radius 1 is 1.34 bits per heavy atom. The van der Waals surface area contributed by atoms with Gasteiger partial charge in [0, 0.05) is 43.9 Å². The van der Waals surface area contributed by atoms with Crippen LogP contribution < -0.4 is 4.74 Å². The molecule has 1 amide bonds. The first-order valence-electron chi connectivity index (χ1n) is 9.90. The van der Waals surface area contributed by atoms with Crippen molar-refractivity contribution in [3.05, 3.63) is 40.5 Å². The van der Waals surface area contributed by atoms with Crippen molar-refractivity contribution in [3.63, 3.8) is 0 Å². The summed E-state index contributed by atoms with van der Waals surface area (Å²) in [5.41, 5.74) is 0.0141. The third-order valence-electron chi connectivity index (χ3n) is 5.26. The van der Waals surface area contributed by atoms with Crippen LogP contribution in [0.1, 0.15) is 39.2 Å². The Bertz CT molecular complexity index is 798. The third-order valence-corrected chi connectivity index (χ3v) is 5.26. The van der Waals surface area contributed by atoms with Gasteiger partial charge in [0.2, 0.25) is 0 Å². The van der Waals surface area contributed by atoms with Crippen LogP contribution in [0.2, 0.25) is 0 Å². The van der Waals surface area contributed by atoms with E-state index in [1.807, 2.05) is 25.7 Å². The molecular formula is C21H29N3O5. The third kappa shape index (κ3) is 5.06. The number of ether oxygens (including phenoxy) is 2. The van der Waals surface area contributed by atoms with Gasteiger partial charge in [-0.25, -0.2) is 4.79 Å². The number of nitro groups is 1. The first-order chi connectivity index (χ1) is 13.6. The van der Waals surface area contributed by atoms with Gasteiger partial charge in [-0.1, -0.05) is 12.7 Å². The van der Waals surface area contributed by atoms with Gasteiger partial charge < -0.3 is 9.47 Å². The van der Waals surface area contributed by atoms with Crippen molar-refractivity contribution in [3.8, 4) is 5.75 Å². The number of benzene rings is 1. The van der Waals surface area contributed by atoms with E-state index in [1.54, 1.807) is 12.1 Å². The number of non-ortho nitro benzene ring substituents is 1. The van der Waals surface area contributed by atoms with E-state index in [1.165, 1.54) is 12.1 Å². The second-order valence-electron chi connectivity index (χ2n) is 8.66. The summed E-state index contributed by atoms with van der Waals surface area (Å²) in [6, 6.07) is 4.50. The maximum absolute atomic E-state index is 12.5. The number of nitrogens with zero attached hydrogens (tertiary/aromatic N) is 3. The summed E-state index contributed by atoms with van der Waals surface area (Å²) < 4.78 is 11.4. The maximum Gasteiger partial charge on any atom is 0.410 e. The molecule has 0 unspecified atom stereocenters. The van der Waals surface area contributed by atoms with Crippen molar-refractivity contribution in [2.75, 3.05) is 32.8 Å². The molecule has 1 spiro atoms. The molecule has 1 aromatic carbocycles. The summed E-state index contributed by atoms with van der Waals surface area (Å²) in [5.74, 6) is 0.583. The van der Waals surface area contributed by atoms with E-state index < -0.39 is 10.5 Å². The largest absolute Gasteiger partial charge is 0.492 e. The summed E-state index contributed by atoms with van der Waals surface area (Å²) in [7, 11) is 0. The van der Waals surface area contributed by atoms with Gasteiger partial charge >= 0.3 is 6.09 Å². The SMILES string of the molecule is C=Cc1cc([N+](=O)[O-])ccc1OCCN1CCN(C(=O)OC(C)(C)C)C2(CC2)C1. The number of nitro benzene ring substituents is 1. The smallest absolute Gasteiger partial charge is 0.410 e. The second-order valence-corrected chi connectivity index (χ2v) is 8.66. The van der Waals surface area contributed by atoms with E-state index in [9.17, 15) is 14.9 Å². The molecule has 158 valence electrons. The van der Waals surface area contributed by atoms with Crippen molar-refractivity contribution in [1.82, 2.24) is 9.80 Å². The van der Waals surface area contributed by atoms with Crippen LogP contribution in [0.4, 0.5) is 10.5 Å². The van der Waals surface area contributed by atoms with Crippen molar-refractivity contribution in [2.45, 2.75) is 44.8 Å². The van der Waals surface area contributed by atoms with Gasteiger partial charge in [0.05, 0.1) is 10.5 Å². The predicted molar refractivity (Wildman–Crippen MR) is 110 cm³/mol. The summed E-state index contributed by atoms with van der Waals surface area (Å²) >= 11 is 0. The van der Waals surface area contributed by atoms with Crippen molar-refractivity contribution in [2.24, 2.45) is 0 Å². The minimum atomic E-state index is -0.494. The molecule has 1 saturated heterocycles. The Kier molecular flexibility index (Phi) is 5.84. The molecule has 8 heteroatoms. The molecule has 1 aliphatic carbocycles. The lowest BCUT2D eigenvalue weighted by Gasteiger charge is -2.42. The lowest BCUT2D eigenvalue weighted by atomic mass is 10.1. The van der Waals surface area contributed by atoms with E-state index in [0.29, 0.717) is 24.5 Å². The van der Waals surface area contributed by atoms with Crippen molar-refractivity contribution < 1.29 is 19.2 Å². The van der Waals surface area contributed by atoms with Crippen LogP contribution in [0.25, 0.3) is 6.08 Å². The molecule has 1 saturated carbocycles. The number of rotatable bonds is 6. The summed E-state index contributed by atoms with van der Waals surface area (Å²) in [6.45, 7) is 12.7. The Morgan fingerprint density at radius 3 is 2.66 bits per heavy atom. The predicted octanol–water partition coefficient (Wildman–Crippen LogP) is 3.70. The summed E-state index contributed by atoms with van der Waals surface area (Å²) in [4.78, 5) is 27.2. The number of carbonyl (C=O) groups excluding carboxylic acids is 1. The van der Waals surface area contributed by atoms with Gasteiger partial charge in [0.15, 0.2) is 0 Å². The number of amides is 1. The molecule has 0 aromatic heterocycles. The molecular weight excluding hydrogens is 374 g/mol. The standard InChI is InChI=1S/C21H29N3O5/c1-5-16-14-17(24(26)27)6-7-18(16)28-13-12-22-10-11-23(21(15-22)8-9-21)19(25)29-20(2,3)4/h5-7,14H,1,8-13,15H2,2-4H3. The topological polar surface area (TPSA) is 85.2 Å². The van der Waals surface area contributed by atoms with Gasteiger partial charge in [-0.05, 0) is 39.7 Å². The minimum Gasteiger partial charge on any atom is -0.492 e. The fourth-order valence-electron chi connectivity index (χ4n) is 3.65. The van der Waals surface area contributed by atoms with Crippen LogP contribution in [0.5, 0.6) is 5.75 Å². The number of hydrogen-bond acceptors (Lipinski definition) is 6. The van der Waals surface area contributed by atoms with Gasteiger partial charge in [-0.2, -0.15) is 0 Å². The van der Waals surface area contributed by atoms with Crippen molar-refractivity contribution in [1.29, 1.82) is 0 Å². The summed E-state index contributed by atoms with van der Waals surface area (Å²) in [5, 5.41) is 10.9. The van der Waals surface area contributed by atoms with Crippen LogP contribution >= 0.6 is 0 Å². The van der Waals surface area contributed by atoms with Crippen LogP contribution in [0, 0.1) is 10.1 Å². The molecule has 29 heavy (non-hydrogen) atoms. The molecule has 0 N–H and O–H groups in total. The average molecular weight is 403 g/mol. The van der Waals surface area contributed by atoms with E-state index in [2.05, 4.69) is 11.5 Å². The van der Waals surface area contributed by atoms with Crippen LogP contribution in [0.3, 0.4) is 0 Å². The van der Waals surface area contributed by atoms with E-state index in [-0.39, 0.29) is 17.3 Å². The summed E-state index contributed by atoms with van der Waals surface area (Å²) in [6.07, 6.45) is 3.31. The average Bonchev–Trinajstić information content (AvgIpc) is 3.39. The molecule has 0 bridgehead atoms. The van der Waals surface area contributed by atoms with E-state index in [4.69, 9.17) is 9.47 Å². The lowest BCUT2D eigenvalue weighted by Crippen LogP contribution is -2.58. The molecule has 0 atom stereocenters. The Balaban J connectivity index is 1.53. The quantitative estimate of drug-likeness (QED) is 0.532. The van der Waals surface area contributed by atoms with Crippen LogP contribution in [-0.2, 0) is 4.74 Å². The molecule has 1 heterocycles. The Labute approximate surface area is 171 Å². The normalized spacial score (nSPS) is 18.4. The molecule has 1 aliphatic heterocycles. The molecule has 0 radical (unpaired) electrons. The van der Waals surface area contributed by atoms with Crippen molar-refractivity contribution >= 4 is 17.9 Å². The van der Waals surface area contributed by atoms with Crippen LogP contribution in [-0.4, -0.2) is 64.7 Å². The lowest BCUT2D eigenvalue weighted by molar-refractivity contribution is -0.384. The highest BCUT2D eigenvalue weighted by Gasteiger charge is 2.54. The zero-order valence-corrected chi connectivity index (χ0v) is 17.3. The Morgan fingerprint density at radius 2 is 2.07 bits per heavy atom. The fourth-order valence-corrected chi connectivity index (χ4v) is 3.65. The molecule has 8 nitrogen and oxygen atoms in total. The molecule has 3 rings (SSSR count). The van der Waals surface area contributed by atoms with Gasteiger partial charge in [-0.15, -0.1) is 0 Å². The first-order valence-corrected chi connectivity index (χ1v) is 9.90. The second kappa shape index (κ2) is 8.02. The molecule has 1 aromatic rings. The van der Waals surface area contributed by atoms with E-state index >= 15 is 0 Å². The Hall–Kier alpha value is -2.61. The number of carbonyl (C=O) groups is 1. The number of hydrogen-bond donors (Lipinski definition) is 0. The highest BCUT2D eigenvalue weighted by Crippen LogP contribution is 2.44. The molecule has 2 aliphatic rings. The monoisotopic (exact) mass is 403 g/mol. The molecule has 2 fully saturated rings. The fraction of sp³-hybridized carbons (Fsp3) is 0.571. The number of piperazine rings is 1. The first kappa shape index (κ1) is 21.1. The minimum absolute atomic E-state index is 0.0150. The van der Waals surface area contributed by atoms with Gasteiger partial charge in [-0.3, -0.25) is 19.9 Å². The highest BCUT2D eigenvalue weighted by molar-refractivity contribution is 5.70. The highest BCUT2D eigenvalue weighted by atomic mass is 16.6. The van der Waals surface area contributed by atoms with E-state index in [0.717, 1.165) is 32.5 Å². The van der Waals surface area contributed by atoms with Gasteiger partial charge in [0.25, 0.3) is 5.69 Å². The zero-order chi connectivity index (χ0) is 21.2. The van der Waals surface area contributed by atoms with Gasteiger partial charge in [0.1, 0.15) is 18.0 Å². The maximum atomic E-state index is 12.5. The van der Waals surface area contributed by atoms with Crippen LogP contribution in [0.15, 0.2) is 24.8 Å².